The van der Waals surface area contributed by atoms with Crippen LogP contribution in [-0.4, -0.2) is 5.91 Å². The van der Waals surface area contributed by atoms with Crippen LogP contribution in [0.25, 0.3) is 5.57 Å². The van der Waals surface area contributed by atoms with Gasteiger partial charge in [-0.3, -0.25) is 4.79 Å². The molecule has 0 atom stereocenters. The normalized spacial score (nSPS) is 14.7. The molecule has 3 heteroatoms. The first kappa shape index (κ1) is 19.1. The van der Waals surface area contributed by atoms with Crippen LogP contribution < -0.4 is 5.32 Å². The van der Waals surface area contributed by atoms with Crippen LogP contribution in [0.4, 0.5) is 10.1 Å². The summed E-state index contributed by atoms with van der Waals surface area (Å²) in [7, 11) is 0. The van der Waals surface area contributed by atoms with Gasteiger partial charge in [0.1, 0.15) is 5.82 Å². The Morgan fingerprint density at radius 1 is 1.00 bits per heavy atom. The zero-order valence-corrected chi connectivity index (χ0v) is 16.9. The second-order valence-electron chi connectivity index (χ2n) is 8.30. The molecule has 3 aromatic rings. The highest BCUT2D eigenvalue weighted by atomic mass is 19.1. The van der Waals surface area contributed by atoms with E-state index in [2.05, 4.69) is 62.5 Å². The predicted molar refractivity (Wildman–Crippen MR) is 117 cm³/mol. The number of benzene rings is 3. The van der Waals surface area contributed by atoms with Crippen LogP contribution >= 0.6 is 0 Å². The quantitative estimate of drug-likeness (QED) is 0.548. The van der Waals surface area contributed by atoms with Gasteiger partial charge in [0.2, 0.25) is 0 Å². The van der Waals surface area contributed by atoms with Crippen LogP contribution in [0.2, 0.25) is 0 Å². The third-order valence-corrected chi connectivity index (χ3v) is 5.56. The number of allylic oxidation sites excluding steroid dienone is 1. The molecule has 0 aliphatic heterocycles. The second-order valence-corrected chi connectivity index (χ2v) is 8.30. The van der Waals surface area contributed by atoms with Gasteiger partial charge in [-0.15, -0.1) is 0 Å². The van der Waals surface area contributed by atoms with Crippen LogP contribution in [0.3, 0.4) is 0 Å². The lowest BCUT2D eigenvalue weighted by atomic mass is 9.72. The molecule has 0 unspecified atom stereocenters. The number of rotatable bonds is 3. The lowest BCUT2D eigenvalue weighted by Crippen LogP contribution is -2.23. The zero-order chi connectivity index (χ0) is 20.6. The molecule has 0 fully saturated rings. The van der Waals surface area contributed by atoms with Gasteiger partial charge in [0.25, 0.3) is 5.91 Å². The molecule has 0 bridgehead atoms. The summed E-state index contributed by atoms with van der Waals surface area (Å²) in [6.07, 6.45) is 3.21. The molecule has 4 rings (SSSR count). The summed E-state index contributed by atoms with van der Waals surface area (Å²) in [4.78, 5) is 12.8. The molecule has 1 aliphatic rings. The summed E-state index contributed by atoms with van der Waals surface area (Å²) >= 11 is 0. The number of fused-ring (bicyclic) bond motifs is 1. The van der Waals surface area contributed by atoms with Crippen molar-refractivity contribution in [2.45, 2.75) is 32.6 Å². The topological polar surface area (TPSA) is 29.1 Å². The lowest BCUT2D eigenvalue weighted by molar-refractivity contribution is 0.102. The minimum Gasteiger partial charge on any atom is -0.322 e. The highest BCUT2D eigenvalue weighted by Crippen LogP contribution is 2.41. The van der Waals surface area contributed by atoms with E-state index in [1.165, 1.54) is 23.3 Å². The first-order valence-electron chi connectivity index (χ1n) is 9.82. The smallest absolute Gasteiger partial charge is 0.255 e. The minimum atomic E-state index is -0.375. The van der Waals surface area contributed by atoms with Crippen LogP contribution in [-0.2, 0) is 5.41 Å². The van der Waals surface area contributed by atoms with Crippen molar-refractivity contribution in [3.63, 3.8) is 0 Å². The average Bonchev–Trinajstić information content (AvgIpc) is 2.69. The van der Waals surface area contributed by atoms with Crippen molar-refractivity contribution in [1.82, 2.24) is 0 Å². The third-order valence-electron chi connectivity index (χ3n) is 5.56. The molecule has 0 spiro atoms. The Labute approximate surface area is 171 Å². The number of carbonyl (C=O) groups excluding carboxylic acids is 1. The summed E-state index contributed by atoms with van der Waals surface area (Å²) in [5.74, 6) is -0.621. The Hall–Kier alpha value is -3.20. The fourth-order valence-electron chi connectivity index (χ4n) is 3.85. The lowest BCUT2D eigenvalue weighted by Gasteiger charge is -2.32. The molecule has 0 aromatic heterocycles. The monoisotopic (exact) mass is 385 g/mol. The number of aryl methyl sites for hydroxylation is 1. The Morgan fingerprint density at radius 2 is 1.76 bits per heavy atom. The zero-order valence-electron chi connectivity index (χ0n) is 16.9. The van der Waals surface area contributed by atoms with Gasteiger partial charge in [0, 0.05) is 11.3 Å². The van der Waals surface area contributed by atoms with Gasteiger partial charge in [0.15, 0.2) is 0 Å². The van der Waals surface area contributed by atoms with E-state index >= 15 is 0 Å². The maximum atomic E-state index is 13.4. The summed E-state index contributed by atoms with van der Waals surface area (Å²) in [5, 5.41) is 2.79. The van der Waals surface area contributed by atoms with Crippen LogP contribution in [0.15, 0.2) is 72.8 Å². The standard InChI is InChI=1S/C26H24FNO/c1-17-7-9-18(10-8-17)22-13-14-26(2,3)24-12-11-19(15-23(22)24)25(29)28-21-6-4-5-20(27)16-21/h4-13,15-16H,14H2,1-3H3,(H,28,29). The maximum absolute atomic E-state index is 13.4. The van der Waals surface area contributed by atoms with Gasteiger partial charge >= 0.3 is 0 Å². The highest BCUT2D eigenvalue weighted by molar-refractivity contribution is 6.05. The number of carbonyl (C=O) groups is 1. The van der Waals surface area contributed by atoms with E-state index in [-0.39, 0.29) is 17.1 Å². The summed E-state index contributed by atoms with van der Waals surface area (Å²) < 4.78 is 13.4. The van der Waals surface area contributed by atoms with E-state index in [9.17, 15) is 9.18 Å². The average molecular weight is 385 g/mol. The molecule has 0 radical (unpaired) electrons. The largest absolute Gasteiger partial charge is 0.322 e. The van der Waals surface area contributed by atoms with E-state index in [0.717, 1.165) is 23.1 Å². The summed E-state index contributed by atoms with van der Waals surface area (Å²) in [5.41, 5.74) is 6.84. The molecule has 2 nitrogen and oxygen atoms in total. The Morgan fingerprint density at radius 3 is 2.48 bits per heavy atom. The number of halogens is 1. The molecule has 1 aliphatic carbocycles. The first-order valence-corrected chi connectivity index (χ1v) is 9.82. The number of amides is 1. The van der Waals surface area contributed by atoms with Crippen LogP contribution in [0, 0.1) is 12.7 Å². The molecule has 146 valence electrons. The second kappa shape index (κ2) is 7.32. The van der Waals surface area contributed by atoms with Gasteiger partial charge in [-0.1, -0.05) is 61.9 Å². The third kappa shape index (κ3) is 3.86. The fraction of sp³-hybridized carbons (Fsp3) is 0.192. The van der Waals surface area contributed by atoms with Crippen molar-refractivity contribution in [2.24, 2.45) is 0 Å². The van der Waals surface area contributed by atoms with Crippen molar-refractivity contribution >= 4 is 17.2 Å². The first-order chi connectivity index (χ1) is 13.8. The van der Waals surface area contributed by atoms with Crippen LogP contribution in [0.1, 0.15) is 52.9 Å². The van der Waals surface area contributed by atoms with E-state index < -0.39 is 0 Å². The van der Waals surface area contributed by atoms with Crippen LogP contribution in [0.5, 0.6) is 0 Å². The van der Waals surface area contributed by atoms with Crippen molar-refractivity contribution in [2.75, 3.05) is 5.32 Å². The van der Waals surface area contributed by atoms with Crippen molar-refractivity contribution in [3.05, 3.63) is 106 Å². The Bertz CT molecular complexity index is 1110. The van der Waals surface area contributed by atoms with Gasteiger partial charge in [-0.2, -0.15) is 0 Å². The van der Waals surface area contributed by atoms with E-state index in [4.69, 9.17) is 0 Å². The maximum Gasteiger partial charge on any atom is 0.255 e. The molecule has 3 aromatic carbocycles. The van der Waals surface area contributed by atoms with E-state index in [1.54, 1.807) is 12.1 Å². The summed E-state index contributed by atoms with van der Waals surface area (Å²) in [6.45, 7) is 6.52. The molecule has 0 saturated carbocycles. The SMILES string of the molecule is Cc1ccc(C2=CCC(C)(C)c3ccc(C(=O)Nc4cccc(F)c4)cc32)cc1. The summed E-state index contributed by atoms with van der Waals surface area (Å²) in [6, 6.07) is 20.3. The number of anilines is 1. The van der Waals surface area contributed by atoms with Gasteiger partial charge in [0.05, 0.1) is 0 Å². The highest BCUT2D eigenvalue weighted by Gasteiger charge is 2.29. The predicted octanol–water partition coefficient (Wildman–Crippen LogP) is 6.50. The minimum absolute atomic E-state index is 0.00109. The molecular weight excluding hydrogens is 361 g/mol. The van der Waals surface area contributed by atoms with Gasteiger partial charge < -0.3 is 5.32 Å². The molecular formula is C26H24FNO. The van der Waals surface area contributed by atoms with E-state index in [0.29, 0.717) is 11.3 Å². The molecule has 29 heavy (non-hydrogen) atoms. The number of nitrogens with one attached hydrogen (secondary N) is 1. The van der Waals surface area contributed by atoms with Gasteiger partial charge in [-0.25, -0.2) is 4.39 Å². The number of hydrogen-bond acceptors (Lipinski definition) is 1. The Kier molecular flexibility index (Phi) is 4.83. The van der Waals surface area contributed by atoms with Gasteiger partial charge in [-0.05, 0) is 71.4 Å². The van der Waals surface area contributed by atoms with E-state index in [1.807, 2.05) is 12.1 Å². The van der Waals surface area contributed by atoms with Crippen molar-refractivity contribution in [3.8, 4) is 0 Å². The van der Waals surface area contributed by atoms with Crippen molar-refractivity contribution < 1.29 is 9.18 Å². The van der Waals surface area contributed by atoms with Crippen molar-refractivity contribution in [1.29, 1.82) is 0 Å². The molecule has 0 saturated heterocycles. The Balaban J connectivity index is 1.73. The molecule has 1 amide bonds. The number of hydrogen-bond donors (Lipinski definition) is 1. The molecule has 1 N–H and O–H groups in total. The fourth-order valence-corrected chi connectivity index (χ4v) is 3.85. The molecule has 0 heterocycles.